The molecular weight excluding hydrogens is 314 g/mol. The Morgan fingerprint density at radius 3 is 2.32 bits per heavy atom. The van der Waals surface area contributed by atoms with Gasteiger partial charge in [0.05, 0.1) is 11.4 Å². The molecule has 0 radical (unpaired) electrons. The third-order valence-corrected chi connectivity index (χ3v) is 4.91. The van der Waals surface area contributed by atoms with Gasteiger partial charge in [0.15, 0.2) is 5.65 Å². The molecule has 0 atom stereocenters. The quantitative estimate of drug-likeness (QED) is 0.729. The number of piperazine rings is 1. The second-order valence-electron chi connectivity index (χ2n) is 6.46. The lowest BCUT2D eigenvalue weighted by molar-refractivity contribution is 0.628. The molecule has 1 aliphatic heterocycles. The first kappa shape index (κ1) is 15.8. The predicted molar refractivity (Wildman–Crippen MR) is 98.3 cm³/mol. The van der Waals surface area contributed by atoms with Crippen molar-refractivity contribution in [1.29, 1.82) is 0 Å². The zero-order valence-corrected chi connectivity index (χ0v) is 15.0. The number of imidazole rings is 1. The molecule has 4 rings (SSSR count). The van der Waals surface area contributed by atoms with Gasteiger partial charge in [-0.15, -0.1) is 5.10 Å². The lowest BCUT2D eigenvalue weighted by Gasteiger charge is -2.35. The van der Waals surface area contributed by atoms with Crippen molar-refractivity contribution in [2.45, 2.75) is 27.2 Å². The second-order valence-corrected chi connectivity index (χ2v) is 6.46. The van der Waals surface area contributed by atoms with Crippen LogP contribution in [0.4, 0.5) is 11.8 Å². The van der Waals surface area contributed by atoms with Crippen molar-refractivity contribution in [3.8, 4) is 0 Å². The van der Waals surface area contributed by atoms with E-state index in [4.69, 9.17) is 5.10 Å². The number of hydrogen-bond donors (Lipinski definition) is 0. The topological polar surface area (TPSA) is 62.5 Å². The summed E-state index contributed by atoms with van der Waals surface area (Å²) in [5.41, 5.74) is 4.20. The van der Waals surface area contributed by atoms with E-state index in [1.54, 1.807) is 0 Å². The maximum atomic E-state index is 4.77. The predicted octanol–water partition coefficient (Wildman–Crippen LogP) is 2.03. The van der Waals surface area contributed by atoms with Crippen LogP contribution in [-0.2, 0) is 6.42 Å². The minimum absolute atomic E-state index is 0.821. The summed E-state index contributed by atoms with van der Waals surface area (Å²) >= 11 is 0. The van der Waals surface area contributed by atoms with Crippen LogP contribution in [0.1, 0.15) is 23.9 Å². The van der Waals surface area contributed by atoms with Crippen LogP contribution in [0.3, 0.4) is 0 Å². The number of hydrogen-bond acceptors (Lipinski definition) is 6. The summed E-state index contributed by atoms with van der Waals surface area (Å²) in [6.07, 6.45) is 4.82. The summed E-state index contributed by atoms with van der Waals surface area (Å²) in [5, 5.41) is 4.77. The van der Waals surface area contributed by atoms with E-state index in [0.717, 1.165) is 61.4 Å². The molecule has 0 bridgehead atoms. The molecule has 1 aliphatic rings. The van der Waals surface area contributed by atoms with Crippen LogP contribution >= 0.6 is 0 Å². The van der Waals surface area contributed by atoms with Crippen LogP contribution in [0, 0.1) is 13.8 Å². The molecule has 130 valence electrons. The molecule has 0 N–H and O–H groups in total. The summed E-state index contributed by atoms with van der Waals surface area (Å²) in [5.74, 6) is 1.82. The minimum Gasteiger partial charge on any atom is -0.352 e. The van der Waals surface area contributed by atoms with E-state index in [1.807, 2.05) is 29.9 Å². The van der Waals surface area contributed by atoms with Crippen LogP contribution in [0.15, 0.2) is 24.5 Å². The summed E-state index contributed by atoms with van der Waals surface area (Å²) in [6.45, 7) is 9.80. The van der Waals surface area contributed by atoms with Crippen molar-refractivity contribution in [3.63, 3.8) is 0 Å². The zero-order chi connectivity index (χ0) is 17.4. The fourth-order valence-electron chi connectivity index (χ4n) is 3.14. The highest BCUT2D eigenvalue weighted by Crippen LogP contribution is 2.18. The third kappa shape index (κ3) is 2.90. The van der Waals surface area contributed by atoms with Crippen molar-refractivity contribution < 1.29 is 0 Å². The molecule has 4 heterocycles. The third-order valence-electron chi connectivity index (χ3n) is 4.91. The molecule has 7 nitrogen and oxygen atoms in total. The Labute approximate surface area is 147 Å². The molecule has 3 aromatic heterocycles. The molecule has 3 aromatic rings. The molecule has 0 saturated carbocycles. The van der Waals surface area contributed by atoms with Crippen molar-refractivity contribution >= 4 is 17.4 Å². The van der Waals surface area contributed by atoms with E-state index in [9.17, 15) is 0 Å². The molecular formula is C18H23N7. The van der Waals surface area contributed by atoms with E-state index in [1.165, 1.54) is 5.56 Å². The molecule has 0 unspecified atom stereocenters. The van der Waals surface area contributed by atoms with Crippen molar-refractivity contribution in [2.24, 2.45) is 0 Å². The molecule has 7 heteroatoms. The molecule has 25 heavy (non-hydrogen) atoms. The number of fused-ring (bicyclic) bond motifs is 1. The van der Waals surface area contributed by atoms with Crippen LogP contribution in [-0.4, -0.2) is 50.7 Å². The zero-order valence-electron chi connectivity index (χ0n) is 15.0. The monoisotopic (exact) mass is 337 g/mol. The lowest BCUT2D eigenvalue weighted by Crippen LogP contribution is -2.47. The number of rotatable bonds is 3. The maximum Gasteiger partial charge on any atom is 0.225 e. The standard InChI is InChI=1S/C18H23N7/c1-4-15-11-19-18(20-12-15)24-9-7-23(8-10-24)17-6-5-16-21-13(2)14(3)25(16)22-17/h5-6,11-12H,4,7-10H2,1-3H3. The summed E-state index contributed by atoms with van der Waals surface area (Å²) < 4.78 is 1.93. The Bertz CT molecular complexity index is 876. The molecule has 1 fully saturated rings. The normalized spacial score (nSPS) is 15.2. The van der Waals surface area contributed by atoms with Gasteiger partial charge < -0.3 is 9.80 Å². The Balaban J connectivity index is 1.48. The molecule has 0 amide bonds. The Hall–Kier alpha value is -2.70. The van der Waals surface area contributed by atoms with Gasteiger partial charge in [-0.1, -0.05) is 6.92 Å². The fraction of sp³-hybridized carbons (Fsp3) is 0.444. The first-order valence-corrected chi connectivity index (χ1v) is 8.79. The fourth-order valence-corrected chi connectivity index (χ4v) is 3.14. The van der Waals surface area contributed by atoms with Gasteiger partial charge in [0.25, 0.3) is 0 Å². The number of nitrogens with zero attached hydrogens (tertiary/aromatic N) is 7. The average Bonchev–Trinajstić information content (AvgIpc) is 2.95. The number of anilines is 2. The van der Waals surface area contributed by atoms with Crippen LogP contribution in [0.5, 0.6) is 0 Å². The largest absolute Gasteiger partial charge is 0.352 e. The maximum absolute atomic E-state index is 4.77. The summed E-state index contributed by atoms with van der Waals surface area (Å²) in [6, 6.07) is 4.10. The first-order valence-electron chi connectivity index (χ1n) is 8.79. The number of aryl methyl sites for hydroxylation is 3. The van der Waals surface area contributed by atoms with Crippen molar-refractivity contribution in [3.05, 3.63) is 41.5 Å². The van der Waals surface area contributed by atoms with E-state index >= 15 is 0 Å². The Morgan fingerprint density at radius 1 is 0.960 bits per heavy atom. The van der Waals surface area contributed by atoms with Gasteiger partial charge in [0.1, 0.15) is 5.82 Å². The first-order chi connectivity index (χ1) is 12.2. The van der Waals surface area contributed by atoms with Gasteiger partial charge >= 0.3 is 0 Å². The molecule has 0 aliphatic carbocycles. The highest BCUT2D eigenvalue weighted by atomic mass is 15.4. The van der Waals surface area contributed by atoms with Gasteiger partial charge in [-0.25, -0.2) is 19.5 Å². The summed E-state index contributed by atoms with van der Waals surface area (Å²) in [4.78, 5) is 18.1. The average molecular weight is 337 g/mol. The van der Waals surface area contributed by atoms with Gasteiger partial charge in [-0.3, -0.25) is 0 Å². The second kappa shape index (κ2) is 6.31. The molecule has 0 aromatic carbocycles. The highest BCUT2D eigenvalue weighted by molar-refractivity contribution is 5.49. The van der Waals surface area contributed by atoms with Gasteiger partial charge in [-0.2, -0.15) is 0 Å². The molecule has 0 spiro atoms. The van der Waals surface area contributed by atoms with Gasteiger partial charge in [0.2, 0.25) is 5.95 Å². The van der Waals surface area contributed by atoms with Crippen molar-refractivity contribution in [2.75, 3.05) is 36.0 Å². The van der Waals surface area contributed by atoms with Gasteiger partial charge in [0, 0.05) is 38.6 Å². The SMILES string of the molecule is CCc1cnc(N2CCN(c3ccc4nc(C)c(C)n4n3)CC2)nc1. The van der Waals surface area contributed by atoms with E-state index in [2.05, 4.69) is 44.7 Å². The smallest absolute Gasteiger partial charge is 0.225 e. The van der Waals surface area contributed by atoms with Crippen LogP contribution < -0.4 is 9.80 Å². The van der Waals surface area contributed by atoms with E-state index < -0.39 is 0 Å². The van der Waals surface area contributed by atoms with Crippen LogP contribution in [0.2, 0.25) is 0 Å². The minimum atomic E-state index is 0.821. The van der Waals surface area contributed by atoms with E-state index in [0.29, 0.717) is 0 Å². The van der Waals surface area contributed by atoms with Crippen molar-refractivity contribution in [1.82, 2.24) is 24.6 Å². The molecule has 1 saturated heterocycles. The Morgan fingerprint density at radius 2 is 1.64 bits per heavy atom. The highest BCUT2D eigenvalue weighted by Gasteiger charge is 2.20. The van der Waals surface area contributed by atoms with Crippen LogP contribution in [0.25, 0.3) is 5.65 Å². The van der Waals surface area contributed by atoms with Gasteiger partial charge in [-0.05, 0) is 38.0 Å². The summed E-state index contributed by atoms with van der Waals surface area (Å²) in [7, 11) is 0. The lowest BCUT2D eigenvalue weighted by atomic mass is 10.3. The van der Waals surface area contributed by atoms with E-state index in [-0.39, 0.29) is 0 Å². The Kier molecular flexibility index (Phi) is 3.99. The number of aromatic nitrogens is 5.